The molecule has 3 rings (SSSR count). The first-order valence-electron chi connectivity index (χ1n) is 12.8. The molecule has 0 amide bonds. The first kappa shape index (κ1) is 24.5. The van der Waals surface area contributed by atoms with Gasteiger partial charge < -0.3 is 9.47 Å². The number of aryl methyl sites for hydroxylation is 1. The third kappa shape index (κ3) is 6.95. The molecule has 1 aliphatic carbocycles. The lowest BCUT2D eigenvalue weighted by Gasteiger charge is -2.21. The average molecular weight is 442 g/mol. The molecule has 0 bridgehead atoms. The second-order valence-electron chi connectivity index (χ2n) is 8.93. The minimum Gasteiger partial charge on any atom is -0.491 e. The summed E-state index contributed by atoms with van der Waals surface area (Å²) < 4.78 is 26.7. The number of fused-ring (bicyclic) bond motifs is 3. The van der Waals surface area contributed by atoms with Gasteiger partial charge in [-0.3, -0.25) is 0 Å². The number of halogens is 1. The van der Waals surface area contributed by atoms with Crippen LogP contribution in [0, 0.1) is 5.82 Å². The Morgan fingerprint density at radius 2 is 1.34 bits per heavy atom. The molecule has 32 heavy (non-hydrogen) atoms. The van der Waals surface area contributed by atoms with Crippen molar-refractivity contribution >= 4 is 0 Å². The maximum Gasteiger partial charge on any atom is 0.213 e. The minimum absolute atomic E-state index is 0.206. The Morgan fingerprint density at radius 3 is 2.09 bits per heavy atom. The van der Waals surface area contributed by atoms with Gasteiger partial charge in [0.25, 0.3) is 0 Å². The Balaban J connectivity index is 1.53. The van der Waals surface area contributed by atoms with Gasteiger partial charge in [-0.2, -0.15) is 0 Å². The van der Waals surface area contributed by atoms with Gasteiger partial charge in [-0.1, -0.05) is 77.7 Å². The monoisotopic (exact) mass is 441 g/mol. The number of nitrogens with zero attached hydrogens (tertiary/aromatic N) is 1. The van der Waals surface area contributed by atoms with E-state index in [2.05, 4.69) is 13.8 Å². The van der Waals surface area contributed by atoms with Crippen molar-refractivity contribution in [1.82, 2.24) is 4.98 Å². The van der Waals surface area contributed by atoms with Crippen molar-refractivity contribution in [2.45, 2.75) is 97.3 Å². The summed E-state index contributed by atoms with van der Waals surface area (Å²) >= 11 is 0. The number of benzene rings is 1. The fraction of sp³-hybridized carbons (Fsp3) is 0.607. The average Bonchev–Trinajstić information content (AvgIpc) is 2.81. The number of hydrogen-bond acceptors (Lipinski definition) is 3. The summed E-state index contributed by atoms with van der Waals surface area (Å²) in [6.07, 6.45) is 14.7. The van der Waals surface area contributed by atoms with Crippen LogP contribution < -0.4 is 9.47 Å². The van der Waals surface area contributed by atoms with E-state index in [0.29, 0.717) is 31.3 Å². The largest absolute Gasteiger partial charge is 0.491 e. The molecule has 0 spiro atoms. The summed E-state index contributed by atoms with van der Waals surface area (Å²) in [5.74, 6) is 0.861. The van der Waals surface area contributed by atoms with E-state index in [0.717, 1.165) is 48.1 Å². The molecule has 2 aromatic rings. The highest BCUT2D eigenvalue weighted by Crippen LogP contribution is 2.38. The molecule has 0 saturated heterocycles. The van der Waals surface area contributed by atoms with E-state index in [1.165, 1.54) is 51.4 Å². The topological polar surface area (TPSA) is 31.4 Å². The van der Waals surface area contributed by atoms with Crippen LogP contribution in [-0.4, -0.2) is 18.2 Å². The lowest BCUT2D eigenvalue weighted by atomic mass is 9.88. The highest BCUT2D eigenvalue weighted by Gasteiger charge is 2.23. The van der Waals surface area contributed by atoms with Crippen LogP contribution >= 0.6 is 0 Å². The Labute approximate surface area is 193 Å². The molecule has 1 heterocycles. The molecular formula is C28H40FNO2. The fourth-order valence-electron chi connectivity index (χ4n) is 4.40. The van der Waals surface area contributed by atoms with Crippen LogP contribution in [0.15, 0.2) is 24.3 Å². The van der Waals surface area contributed by atoms with Crippen molar-refractivity contribution in [2.75, 3.05) is 13.2 Å². The summed E-state index contributed by atoms with van der Waals surface area (Å²) in [6, 6.07) is 7.71. The Morgan fingerprint density at radius 1 is 0.719 bits per heavy atom. The highest BCUT2D eigenvalue weighted by atomic mass is 19.1. The predicted molar refractivity (Wildman–Crippen MR) is 130 cm³/mol. The second-order valence-corrected chi connectivity index (χ2v) is 8.93. The quantitative estimate of drug-likeness (QED) is 0.262. The van der Waals surface area contributed by atoms with E-state index < -0.39 is 0 Å². The summed E-state index contributed by atoms with van der Waals surface area (Å²) in [5, 5.41) is 0. The Hall–Kier alpha value is -2.10. The van der Waals surface area contributed by atoms with E-state index in [4.69, 9.17) is 14.5 Å². The van der Waals surface area contributed by atoms with Gasteiger partial charge in [0.15, 0.2) is 11.6 Å². The summed E-state index contributed by atoms with van der Waals surface area (Å²) in [4.78, 5) is 4.72. The van der Waals surface area contributed by atoms with Crippen LogP contribution in [0.5, 0.6) is 11.6 Å². The number of aromatic nitrogens is 1. The molecule has 176 valence electrons. The first-order chi connectivity index (χ1) is 15.7. The smallest absolute Gasteiger partial charge is 0.213 e. The molecule has 1 aromatic heterocycles. The molecule has 1 aromatic carbocycles. The lowest BCUT2D eigenvalue weighted by molar-refractivity contribution is 0.289. The third-order valence-electron chi connectivity index (χ3n) is 6.31. The van der Waals surface area contributed by atoms with E-state index in [1.807, 2.05) is 18.2 Å². The minimum atomic E-state index is -0.206. The maximum absolute atomic E-state index is 15.1. The van der Waals surface area contributed by atoms with Crippen molar-refractivity contribution in [3.05, 3.63) is 41.3 Å². The van der Waals surface area contributed by atoms with Crippen molar-refractivity contribution < 1.29 is 13.9 Å². The number of rotatable bonds is 15. The molecule has 0 radical (unpaired) electrons. The normalized spacial score (nSPS) is 12.3. The predicted octanol–water partition coefficient (Wildman–Crippen LogP) is 8.07. The van der Waals surface area contributed by atoms with Crippen LogP contribution in [0.2, 0.25) is 0 Å². The molecule has 0 fully saturated rings. The summed E-state index contributed by atoms with van der Waals surface area (Å²) in [5.41, 5.74) is 3.71. The van der Waals surface area contributed by atoms with Crippen LogP contribution in [0.4, 0.5) is 4.39 Å². The van der Waals surface area contributed by atoms with Crippen molar-refractivity contribution in [1.29, 1.82) is 0 Å². The molecule has 4 heteroatoms. The van der Waals surface area contributed by atoms with Crippen LogP contribution in [0.3, 0.4) is 0 Å². The SMILES string of the molecule is CCCCCCCCCOc1ccc2c(n1)CCc1c-2ccc(OCCCCCC)c1F. The van der Waals surface area contributed by atoms with Gasteiger partial charge in [-0.15, -0.1) is 0 Å². The zero-order chi connectivity index (χ0) is 22.6. The molecular weight excluding hydrogens is 401 g/mol. The van der Waals surface area contributed by atoms with Gasteiger partial charge in [-0.25, -0.2) is 9.37 Å². The van der Waals surface area contributed by atoms with Gasteiger partial charge in [0.05, 0.1) is 18.9 Å². The molecule has 3 nitrogen and oxygen atoms in total. The van der Waals surface area contributed by atoms with Gasteiger partial charge in [-0.05, 0) is 48.9 Å². The molecule has 0 saturated carbocycles. The summed E-state index contributed by atoms with van der Waals surface area (Å²) in [6.45, 7) is 5.72. The summed E-state index contributed by atoms with van der Waals surface area (Å²) in [7, 11) is 0. The van der Waals surface area contributed by atoms with Gasteiger partial charge in [0.1, 0.15) is 0 Å². The Kier molecular flexibility index (Phi) is 10.3. The number of ether oxygens (including phenoxy) is 2. The van der Waals surface area contributed by atoms with Gasteiger partial charge in [0, 0.05) is 11.6 Å². The highest BCUT2D eigenvalue weighted by molar-refractivity contribution is 5.73. The Bertz CT molecular complexity index is 836. The van der Waals surface area contributed by atoms with E-state index in [9.17, 15) is 0 Å². The van der Waals surface area contributed by atoms with Crippen molar-refractivity contribution in [3.8, 4) is 22.8 Å². The zero-order valence-corrected chi connectivity index (χ0v) is 20.1. The number of pyridine rings is 1. The molecule has 0 atom stereocenters. The number of hydrogen-bond donors (Lipinski definition) is 0. The van der Waals surface area contributed by atoms with Crippen LogP contribution in [0.25, 0.3) is 11.1 Å². The maximum atomic E-state index is 15.1. The molecule has 0 unspecified atom stereocenters. The van der Waals surface area contributed by atoms with E-state index >= 15 is 4.39 Å². The molecule has 0 N–H and O–H groups in total. The van der Waals surface area contributed by atoms with Gasteiger partial charge in [0.2, 0.25) is 5.88 Å². The third-order valence-corrected chi connectivity index (χ3v) is 6.31. The van der Waals surface area contributed by atoms with Crippen LogP contribution in [-0.2, 0) is 12.8 Å². The molecule has 0 aliphatic heterocycles. The van der Waals surface area contributed by atoms with E-state index in [-0.39, 0.29) is 5.82 Å². The van der Waals surface area contributed by atoms with Crippen molar-refractivity contribution in [3.63, 3.8) is 0 Å². The standard InChI is InChI=1S/C28H40FNO2/c1-3-5-7-9-10-11-13-21-32-27-19-16-23-22-15-18-26(31-20-12-8-6-4-2)28(29)24(22)14-17-25(23)30-27/h15-16,18-19H,3-14,17,20-21H2,1-2H3. The van der Waals surface area contributed by atoms with E-state index in [1.54, 1.807) is 6.07 Å². The second kappa shape index (κ2) is 13.4. The molecule has 1 aliphatic rings. The first-order valence-corrected chi connectivity index (χ1v) is 12.8. The van der Waals surface area contributed by atoms with Crippen molar-refractivity contribution in [2.24, 2.45) is 0 Å². The fourth-order valence-corrected chi connectivity index (χ4v) is 4.40. The van der Waals surface area contributed by atoms with Gasteiger partial charge >= 0.3 is 0 Å². The van der Waals surface area contributed by atoms with Crippen LogP contribution in [0.1, 0.15) is 95.7 Å². The zero-order valence-electron chi connectivity index (χ0n) is 20.1. The number of unbranched alkanes of at least 4 members (excludes halogenated alkanes) is 9. The lowest BCUT2D eigenvalue weighted by Crippen LogP contribution is -2.11.